The van der Waals surface area contributed by atoms with Crippen LogP contribution in [0.5, 0.6) is 0 Å². The quantitative estimate of drug-likeness (QED) is 0.677. The maximum absolute atomic E-state index is 13.1. The molecule has 1 aromatic carbocycles. The summed E-state index contributed by atoms with van der Waals surface area (Å²) in [5, 5.41) is 0. The van der Waals surface area contributed by atoms with Gasteiger partial charge in [-0.3, -0.25) is 0 Å². The normalized spacial score (nSPS) is 18.3. The summed E-state index contributed by atoms with van der Waals surface area (Å²) in [4.78, 5) is 12.3. The topological polar surface area (TPSA) is 133 Å². The number of sulfonamides is 1. The molecule has 1 saturated heterocycles. The van der Waals surface area contributed by atoms with E-state index in [1.54, 1.807) is 10.9 Å². The number of anilines is 2. The summed E-state index contributed by atoms with van der Waals surface area (Å²) in [5.74, 6) is -0.269. The molecule has 27 heavy (non-hydrogen) atoms. The molecule has 0 bridgehead atoms. The molecule has 4 N–H and O–H groups in total. The second-order valence-corrected chi connectivity index (χ2v) is 8.29. The molecule has 9 nitrogen and oxygen atoms in total. The van der Waals surface area contributed by atoms with Gasteiger partial charge in [-0.1, -0.05) is 0 Å². The van der Waals surface area contributed by atoms with Crippen LogP contribution in [0, 0.1) is 5.82 Å². The minimum absolute atomic E-state index is 0.0314. The Morgan fingerprint density at radius 3 is 2.67 bits per heavy atom. The van der Waals surface area contributed by atoms with Crippen molar-refractivity contribution in [2.75, 3.05) is 18.0 Å². The lowest BCUT2D eigenvalue weighted by atomic mass is 10.2. The minimum Gasteiger partial charge on any atom is -0.382 e. The molecule has 1 atom stereocenters. The van der Waals surface area contributed by atoms with Crippen LogP contribution in [0.25, 0.3) is 11.2 Å². The highest BCUT2D eigenvalue weighted by atomic mass is 32.2. The van der Waals surface area contributed by atoms with Crippen LogP contribution < -0.4 is 11.5 Å². The van der Waals surface area contributed by atoms with Crippen LogP contribution in [0.3, 0.4) is 0 Å². The zero-order valence-electron chi connectivity index (χ0n) is 14.3. The molecule has 3 heterocycles. The molecule has 0 aliphatic carbocycles. The molecule has 0 spiro atoms. The van der Waals surface area contributed by atoms with Crippen LogP contribution in [-0.2, 0) is 16.6 Å². The standard InChI is InChI=1S/C16H18FN7O2S/c17-10-3-5-12(6-4-10)27(25,26)24-7-1-2-11(24)8-23-9-20-13-14(18)21-16(19)22-15(13)23/h3-6,9,11H,1-2,7-8H2,(H4,18,19,21,22)/t11-/m0/s1. The van der Waals surface area contributed by atoms with Crippen molar-refractivity contribution in [1.29, 1.82) is 0 Å². The largest absolute Gasteiger partial charge is 0.382 e. The van der Waals surface area contributed by atoms with Gasteiger partial charge in [0, 0.05) is 19.1 Å². The second kappa shape index (κ2) is 6.43. The Morgan fingerprint density at radius 2 is 1.93 bits per heavy atom. The minimum atomic E-state index is -3.73. The van der Waals surface area contributed by atoms with Crippen LogP contribution in [0.4, 0.5) is 16.2 Å². The van der Waals surface area contributed by atoms with Crippen LogP contribution in [0.1, 0.15) is 12.8 Å². The Bertz CT molecular complexity index is 1100. The third-order valence-corrected chi connectivity index (χ3v) is 6.62. The van der Waals surface area contributed by atoms with Crippen molar-refractivity contribution in [2.24, 2.45) is 0 Å². The second-order valence-electron chi connectivity index (χ2n) is 6.40. The van der Waals surface area contributed by atoms with Crippen molar-refractivity contribution in [1.82, 2.24) is 23.8 Å². The zero-order valence-corrected chi connectivity index (χ0v) is 15.1. The van der Waals surface area contributed by atoms with E-state index < -0.39 is 15.8 Å². The first kappa shape index (κ1) is 17.6. The number of nitrogens with zero attached hydrogens (tertiary/aromatic N) is 5. The smallest absolute Gasteiger partial charge is 0.243 e. The Balaban J connectivity index is 1.65. The van der Waals surface area contributed by atoms with Crippen molar-refractivity contribution in [3.05, 3.63) is 36.4 Å². The van der Waals surface area contributed by atoms with Crippen molar-refractivity contribution in [2.45, 2.75) is 30.3 Å². The van der Waals surface area contributed by atoms with Gasteiger partial charge in [0.05, 0.1) is 11.2 Å². The first-order chi connectivity index (χ1) is 12.9. The molecule has 1 fully saturated rings. The summed E-state index contributed by atoms with van der Waals surface area (Å²) in [6.07, 6.45) is 2.98. The van der Waals surface area contributed by atoms with Crippen molar-refractivity contribution in [3.63, 3.8) is 0 Å². The summed E-state index contributed by atoms with van der Waals surface area (Å²) >= 11 is 0. The van der Waals surface area contributed by atoms with Gasteiger partial charge in [0.15, 0.2) is 11.5 Å². The molecule has 1 aliphatic rings. The molecular formula is C16H18FN7O2S. The maximum atomic E-state index is 13.1. The van der Waals surface area contributed by atoms with E-state index in [-0.39, 0.29) is 22.7 Å². The van der Waals surface area contributed by atoms with E-state index in [4.69, 9.17) is 11.5 Å². The highest BCUT2D eigenvalue weighted by molar-refractivity contribution is 7.89. The van der Waals surface area contributed by atoms with E-state index in [1.165, 1.54) is 16.4 Å². The zero-order chi connectivity index (χ0) is 19.2. The molecular weight excluding hydrogens is 373 g/mol. The van der Waals surface area contributed by atoms with Gasteiger partial charge >= 0.3 is 0 Å². The van der Waals surface area contributed by atoms with Gasteiger partial charge in [0.1, 0.15) is 11.3 Å². The summed E-state index contributed by atoms with van der Waals surface area (Å²) in [5.41, 5.74) is 12.4. The first-order valence-electron chi connectivity index (χ1n) is 8.37. The lowest BCUT2D eigenvalue weighted by Crippen LogP contribution is -2.38. The van der Waals surface area contributed by atoms with Gasteiger partial charge in [0.25, 0.3) is 0 Å². The molecule has 0 radical (unpaired) electrons. The molecule has 1 aliphatic heterocycles. The number of nitrogen functional groups attached to an aromatic ring is 2. The lowest BCUT2D eigenvalue weighted by molar-refractivity contribution is 0.354. The van der Waals surface area contributed by atoms with Crippen molar-refractivity contribution in [3.8, 4) is 0 Å². The highest BCUT2D eigenvalue weighted by Gasteiger charge is 2.35. The fraction of sp³-hybridized carbons (Fsp3) is 0.312. The third kappa shape index (κ3) is 3.08. The Morgan fingerprint density at radius 1 is 1.19 bits per heavy atom. The summed E-state index contributed by atoms with van der Waals surface area (Å²) in [6.45, 7) is 0.753. The number of hydrogen-bond donors (Lipinski definition) is 2. The monoisotopic (exact) mass is 391 g/mol. The van der Waals surface area contributed by atoms with Gasteiger partial charge < -0.3 is 16.0 Å². The van der Waals surface area contributed by atoms with E-state index in [0.29, 0.717) is 30.7 Å². The highest BCUT2D eigenvalue weighted by Crippen LogP contribution is 2.28. The van der Waals surface area contributed by atoms with Crippen molar-refractivity contribution >= 4 is 33.0 Å². The number of aromatic nitrogens is 4. The fourth-order valence-electron chi connectivity index (χ4n) is 3.39. The molecule has 0 amide bonds. The van der Waals surface area contributed by atoms with Crippen LogP contribution in [-0.4, -0.2) is 44.8 Å². The number of hydrogen-bond acceptors (Lipinski definition) is 7. The predicted molar refractivity (Wildman–Crippen MR) is 97.5 cm³/mol. The van der Waals surface area contributed by atoms with Gasteiger partial charge in [-0.25, -0.2) is 17.8 Å². The SMILES string of the molecule is Nc1nc(N)c2ncn(C[C@@H]3CCCN3S(=O)(=O)c3ccc(F)cc3)c2n1. The van der Waals surface area contributed by atoms with E-state index >= 15 is 0 Å². The Kier molecular flexibility index (Phi) is 4.19. The lowest BCUT2D eigenvalue weighted by Gasteiger charge is -2.24. The average molecular weight is 391 g/mol. The van der Waals surface area contributed by atoms with E-state index in [9.17, 15) is 12.8 Å². The van der Waals surface area contributed by atoms with E-state index in [2.05, 4.69) is 15.0 Å². The first-order valence-corrected chi connectivity index (χ1v) is 9.81. The van der Waals surface area contributed by atoms with Crippen LogP contribution in [0.2, 0.25) is 0 Å². The van der Waals surface area contributed by atoms with E-state index in [1.807, 2.05) is 0 Å². The predicted octanol–water partition coefficient (Wildman–Crippen LogP) is 0.983. The van der Waals surface area contributed by atoms with Gasteiger partial charge in [0.2, 0.25) is 16.0 Å². The third-order valence-electron chi connectivity index (χ3n) is 4.66. The summed E-state index contributed by atoms with van der Waals surface area (Å²) < 4.78 is 42.3. The fourth-order valence-corrected chi connectivity index (χ4v) is 5.08. The molecule has 3 aromatic rings. The molecule has 0 unspecified atom stereocenters. The Hall–Kier alpha value is -2.79. The molecule has 142 valence electrons. The summed E-state index contributed by atoms with van der Waals surface area (Å²) in [7, 11) is -3.73. The number of rotatable bonds is 4. The van der Waals surface area contributed by atoms with E-state index in [0.717, 1.165) is 18.6 Å². The number of benzene rings is 1. The molecule has 11 heteroatoms. The molecule has 0 saturated carbocycles. The number of fused-ring (bicyclic) bond motifs is 1. The number of imidazole rings is 1. The van der Waals surface area contributed by atoms with Crippen molar-refractivity contribution < 1.29 is 12.8 Å². The maximum Gasteiger partial charge on any atom is 0.243 e. The number of halogens is 1. The average Bonchev–Trinajstić information content (AvgIpc) is 3.24. The molecule has 4 rings (SSSR count). The van der Waals surface area contributed by atoms with Gasteiger partial charge in [-0.15, -0.1) is 0 Å². The van der Waals surface area contributed by atoms with Crippen LogP contribution in [0.15, 0.2) is 35.5 Å². The van der Waals surface area contributed by atoms with Gasteiger partial charge in [-0.2, -0.15) is 14.3 Å². The van der Waals surface area contributed by atoms with Gasteiger partial charge in [-0.05, 0) is 37.1 Å². The number of nitrogens with two attached hydrogens (primary N) is 2. The Labute approximate surface area is 154 Å². The molecule has 2 aromatic heterocycles. The van der Waals surface area contributed by atoms with Crippen LogP contribution >= 0.6 is 0 Å². The summed E-state index contributed by atoms with van der Waals surface area (Å²) in [6, 6.07) is 4.56.